The first-order valence-electron chi connectivity index (χ1n) is 8.78. The molecule has 0 saturated carbocycles. The number of carbonyl (C=O) groups excluding carboxylic acids is 2. The molecule has 2 rings (SSSR count). The molecule has 0 heterocycles. The molecule has 2 amide bonds. The number of sulfonamides is 1. The van der Waals surface area contributed by atoms with Crippen molar-refractivity contribution in [2.75, 3.05) is 11.9 Å². The highest BCUT2D eigenvalue weighted by atomic mass is 32.2. The van der Waals surface area contributed by atoms with Gasteiger partial charge in [-0.3, -0.25) is 0 Å². The predicted molar refractivity (Wildman–Crippen MR) is 104 cm³/mol. The summed E-state index contributed by atoms with van der Waals surface area (Å²) in [6.45, 7) is 2.65. The van der Waals surface area contributed by atoms with Gasteiger partial charge in [0.1, 0.15) is 0 Å². The average molecular weight is 460 g/mol. The number of alkyl halides is 3. The summed E-state index contributed by atoms with van der Waals surface area (Å²) in [5.41, 5.74) is -4.02. The van der Waals surface area contributed by atoms with Crippen molar-refractivity contribution in [3.8, 4) is 0 Å². The maximum atomic E-state index is 13.3. The first-order chi connectivity index (χ1) is 14.3. The molecule has 12 heteroatoms. The molecule has 2 aromatic rings. The molecule has 8 nitrogen and oxygen atoms in total. The number of aliphatic hydroxyl groups is 1. The second-order valence-corrected chi connectivity index (χ2v) is 8.06. The number of amides is 2. The first kappa shape index (κ1) is 24.2. The van der Waals surface area contributed by atoms with Gasteiger partial charge in [-0.25, -0.2) is 22.7 Å². The molecule has 0 saturated heterocycles. The molecule has 0 fully saturated rings. The van der Waals surface area contributed by atoms with E-state index in [9.17, 15) is 36.3 Å². The summed E-state index contributed by atoms with van der Waals surface area (Å²) in [7, 11) is -4.18. The van der Waals surface area contributed by atoms with Crippen LogP contribution in [-0.2, 0) is 25.2 Å². The normalized spacial score (nSPS) is 13.7. The van der Waals surface area contributed by atoms with Gasteiger partial charge in [-0.15, -0.1) is 0 Å². The molecule has 168 valence electrons. The Labute approximate surface area is 176 Å². The molecule has 0 radical (unpaired) electrons. The van der Waals surface area contributed by atoms with Crippen molar-refractivity contribution in [2.24, 2.45) is 0 Å². The SMILES string of the molecule is CCOC(=O)C(O)(c1ccc(NC(=O)NS(=O)(=O)c2ccc(C)cc2)cc1)C(F)(F)F. The van der Waals surface area contributed by atoms with E-state index < -0.39 is 39.4 Å². The number of esters is 1. The van der Waals surface area contributed by atoms with Crippen molar-refractivity contribution in [3.63, 3.8) is 0 Å². The number of nitrogens with one attached hydrogen (secondary N) is 2. The summed E-state index contributed by atoms with van der Waals surface area (Å²) in [5.74, 6) is -1.90. The average Bonchev–Trinajstić information content (AvgIpc) is 2.67. The quantitative estimate of drug-likeness (QED) is 0.570. The summed E-state index contributed by atoms with van der Waals surface area (Å²) in [5, 5.41) is 12.2. The van der Waals surface area contributed by atoms with Crippen LogP contribution in [0.25, 0.3) is 0 Å². The zero-order chi connectivity index (χ0) is 23.4. The van der Waals surface area contributed by atoms with Crippen LogP contribution in [0.4, 0.5) is 23.7 Å². The second-order valence-electron chi connectivity index (χ2n) is 6.38. The summed E-state index contributed by atoms with van der Waals surface area (Å²) in [4.78, 5) is 23.6. The van der Waals surface area contributed by atoms with Gasteiger partial charge in [-0.2, -0.15) is 13.2 Å². The number of ether oxygens (including phenoxy) is 1. The molecule has 31 heavy (non-hydrogen) atoms. The Morgan fingerprint density at radius 1 is 1.03 bits per heavy atom. The molecule has 0 aromatic heterocycles. The number of urea groups is 1. The fourth-order valence-corrected chi connectivity index (χ4v) is 3.39. The van der Waals surface area contributed by atoms with Gasteiger partial charge in [-0.05, 0) is 38.1 Å². The Kier molecular flexibility index (Phi) is 6.96. The van der Waals surface area contributed by atoms with E-state index in [0.717, 1.165) is 29.8 Å². The van der Waals surface area contributed by atoms with Crippen LogP contribution in [0.5, 0.6) is 0 Å². The molecule has 1 atom stereocenters. The molecular formula is C19H19F3N2O6S. The molecule has 0 aliphatic heterocycles. The van der Waals surface area contributed by atoms with Crippen LogP contribution in [0.2, 0.25) is 0 Å². The van der Waals surface area contributed by atoms with Crippen molar-refractivity contribution in [2.45, 2.75) is 30.5 Å². The number of benzene rings is 2. The lowest BCUT2D eigenvalue weighted by Gasteiger charge is -2.28. The minimum Gasteiger partial charge on any atom is -0.463 e. The minimum atomic E-state index is -5.37. The molecular weight excluding hydrogens is 441 g/mol. The summed E-state index contributed by atoms with van der Waals surface area (Å²) >= 11 is 0. The number of anilines is 1. The maximum absolute atomic E-state index is 13.3. The largest absolute Gasteiger partial charge is 0.463 e. The Hall–Kier alpha value is -3.12. The third-order valence-corrected chi connectivity index (χ3v) is 5.45. The molecule has 0 spiro atoms. The van der Waals surface area contributed by atoms with Crippen molar-refractivity contribution in [1.29, 1.82) is 0 Å². The summed E-state index contributed by atoms with van der Waals surface area (Å²) < 4.78 is 70.5. The van der Waals surface area contributed by atoms with Crippen LogP contribution in [0, 0.1) is 6.92 Å². The molecule has 1 unspecified atom stereocenters. The smallest absolute Gasteiger partial charge is 0.432 e. The van der Waals surface area contributed by atoms with E-state index in [-0.39, 0.29) is 17.2 Å². The molecule has 0 bridgehead atoms. The van der Waals surface area contributed by atoms with Gasteiger partial charge in [0, 0.05) is 11.3 Å². The Balaban J connectivity index is 2.18. The number of hydrogen-bond acceptors (Lipinski definition) is 6. The third-order valence-electron chi connectivity index (χ3n) is 4.10. The van der Waals surface area contributed by atoms with Crippen LogP contribution in [0.3, 0.4) is 0 Å². The van der Waals surface area contributed by atoms with Gasteiger partial charge >= 0.3 is 18.2 Å². The van der Waals surface area contributed by atoms with E-state index in [1.165, 1.54) is 31.2 Å². The lowest BCUT2D eigenvalue weighted by molar-refractivity contribution is -0.267. The van der Waals surface area contributed by atoms with Gasteiger partial charge < -0.3 is 15.2 Å². The molecule has 3 N–H and O–H groups in total. The molecule has 0 aliphatic rings. The highest BCUT2D eigenvalue weighted by Gasteiger charge is 2.62. The van der Waals surface area contributed by atoms with Crippen LogP contribution in [-0.4, -0.2) is 38.3 Å². The minimum absolute atomic E-state index is 0.0891. The lowest BCUT2D eigenvalue weighted by Crippen LogP contribution is -2.50. The first-order valence-corrected chi connectivity index (χ1v) is 10.3. The van der Waals surface area contributed by atoms with Gasteiger partial charge in [0.2, 0.25) is 0 Å². The zero-order valence-electron chi connectivity index (χ0n) is 16.4. The maximum Gasteiger partial charge on any atom is 0.432 e. The van der Waals surface area contributed by atoms with Crippen molar-refractivity contribution >= 4 is 27.7 Å². The van der Waals surface area contributed by atoms with E-state index in [1.54, 1.807) is 11.6 Å². The number of rotatable bonds is 6. The van der Waals surface area contributed by atoms with Crippen LogP contribution >= 0.6 is 0 Å². The van der Waals surface area contributed by atoms with Gasteiger partial charge in [0.05, 0.1) is 11.5 Å². The van der Waals surface area contributed by atoms with Crippen molar-refractivity contribution in [1.82, 2.24) is 4.72 Å². The standard InChI is InChI=1S/C19H19F3N2O6S/c1-3-30-16(25)18(27,19(20,21)22)13-6-8-14(9-7-13)23-17(26)24-31(28,29)15-10-4-12(2)5-11-15/h4-11,27H,3H2,1-2H3,(H2,23,24,26). The van der Waals surface area contributed by atoms with Crippen LogP contribution in [0.15, 0.2) is 53.4 Å². The third kappa shape index (κ3) is 5.33. The summed E-state index contributed by atoms with van der Waals surface area (Å²) in [6.07, 6.45) is -5.37. The second kappa shape index (κ2) is 8.94. The molecule has 0 aliphatic carbocycles. The Morgan fingerprint density at radius 3 is 2.06 bits per heavy atom. The zero-order valence-corrected chi connectivity index (χ0v) is 17.2. The van der Waals surface area contributed by atoms with E-state index in [1.807, 2.05) is 0 Å². The monoisotopic (exact) mass is 460 g/mol. The van der Waals surface area contributed by atoms with E-state index in [2.05, 4.69) is 10.1 Å². The van der Waals surface area contributed by atoms with Gasteiger partial charge in [-0.1, -0.05) is 29.8 Å². The highest BCUT2D eigenvalue weighted by Crippen LogP contribution is 2.40. The number of hydrogen-bond donors (Lipinski definition) is 3. The van der Waals surface area contributed by atoms with Crippen molar-refractivity contribution in [3.05, 3.63) is 59.7 Å². The fourth-order valence-electron chi connectivity index (χ4n) is 2.48. The number of aryl methyl sites for hydroxylation is 1. The van der Waals surface area contributed by atoms with Crippen LogP contribution < -0.4 is 10.0 Å². The van der Waals surface area contributed by atoms with E-state index in [4.69, 9.17) is 0 Å². The van der Waals surface area contributed by atoms with Crippen molar-refractivity contribution < 1.29 is 41.0 Å². The van der Waals surface area contributed by atoms with Gasteiger partial charge in [0.25, 0.3) is 15.6 Å². The number of halogens is 3. The predicted octanol–water partition coefficient (Wildman–Crippen LogP) is 2.82. The highest BCUT2D eigenvalue weighted by molar-refractivity contribution is 7.90. The molecule has 2 aromatic carbocycles. The Bertz CT molecular complexity index is 1050. The summed E-state index contributed by atoms with van der Waals surface area (Å²) in [6, 6.07) is 7.95. The lowest BCUT2D eigenvalue weighted by atomic mass is 9.93. The Morgan fingerprint density at radius 2 is 1.58 bits per heavy atom. The van der Waals surface area contributed by atoms with E-state index >= 15 is 0 Å². The van der Waals surface area contributed by atoms with E-state index in [0.29, 0.717) is 0 Å². The number of carbonyl (C=O) groups is 2. The topological polar surface area (TPSA) is 122 Å². The van der Waals surface area contributed by atoms with Crippen LogP contribution in [0.1, 0.15) is 18.1 Å². The van der Waals surface area contributed by atoms with Gasteiger partial charge in [0.15, 0.2) is 0 Å². The fraction of sp³-hybridized carbons (Fsp3) is 0.263.